The number of hydrogen-bond donors (Lipinski definition) is 2. The van der Waals surface area contributed by atoms with Gasteiger partial charge >= 0.3 is 11.8 Å². The Morgan fingerprint density at radius 3 is 2.29 bits per heavy atom. The van der Waals surface area contributed by atoms with Crippen molar-refractivity contribution < 1.29 is 14.4 Å². The van der Waals surface area contributed by atoms with Gasteiger partial charge in [-0.2, -0.15) is 0 Å². The lowest BCUT2D eigenvalue weighted by molar-refractivity contribution is -0.139. The van der Waals surface area contributed by atoms with Gasteiger partial charge in [-0.15, -0.1) is 11.3 Å². The molecule has 1 aromatic carbocycles. The highest BCUT2D eigenvalue weighted by molar-refractivity contribution is 7.14. The van der Waals surface area contributed by atoms with E-state index in [4.69, 9.17) is 11.6 Å². The number of ketones is 1. The van der Waals surface area contributed by atoms with Crippen molar-refractivity contribution in [3.8, 4) is 0 Å². The van der Waals surface area contributed by atoms with Gasteiger partial charge in [0.25, 0.3) is 0 Å². The van der Waals surface area contributed by atoms with Crippen molar-refractivity contribution in [2.24, 2.45) is 0 Å². The molecular formula is C17H17ClN2O3S. The summed E-state index contributed by atoms with van der Waals surface area (Å²) in [4.78, 5) is 36.4. The minimum Gasteiger partial charge on any atom is -0.347 e. The monoisotopic (exact) mass is 364 g/mol. The first kappa shape index (κ1) is 18.2. The molecule has 0 radical (unpaired) electrons. The second kappa shape index (κ2) is 8.61. The number of thiophene rings is 1. The first-order chi connectivity index (χ1) is 11.5. The number of carbonyl (C=O) groups excluding carboxylic acids is 3. The Kier molecular flexibility index (Phi) is 6.52. The molecule has 0 aliphatic heterocycles. The lowest BCUT2D eigenvalue weighted by Gasteiger charge is -2.06. The van der Waals surface area contributed by atoms with Crippen LogP contribution in [0.3, 0.4) is 0 Å². The molecule has 0 unspecified atom stereocenters. The molecule has 1 aromatic heterocycles. The van der Waals surface area contributed by atoms with E-state index in [1.165, 1.54) is 18.3 Å². The van der Waals surface area contributed by atoms with E-state index in [1.807, 2.05) is 6.07 Å². The molecule has 0 aliphatic carbocycles. The maximum absolute atomic E-state index is 11.7. The summed E-state index contributed by atoms with van der Waals surface area (Å²) in [7, 11) is 0. The maximum atomic E-state index is 11.7. The van der Waals surface area contributed by atoms with Gasteiger partial charge < -0.3 is 10.6 Å². The Morgan fingerprint density at radius 1 is 1.00 bits per heavy atom. The second-order valence-corrected chi connectivity index (χ2v) is 6.74. The predicted molar refractivity (Wildman–Crippen MR) is 94.3 cm³/mol. The third kappa shape index (κ3) is 5.47. The molecule has 0 saturated heterocycles. The van der Waals surface area contributed by atoms with E-state index in [-0.39, 0.29) is 12.3 Å². The number of benzene rings is 1. The van der Waals surface area contributed by atoms with Gasteiger partial charge in [-0.25, -0.2) is 0 Å². The number of rotatable bonds is 6. The van der Waals surface area contributed by atoms with Crippen LogP contribution in [0.25, 0.3) is 0 Å². The Hall–Kier alpha value is -2.18. The molecule has 0 bridgehead atoms. The lowest BCUT2D eigenvalue weighted by atomic mass is 10.2. The van der Waals surface area contributed by atoms with Crippen LogP contribution in [0, 0.1) is 0 Å². The quantitative estimate of drug-likeness (QED) is 0.611. The van der Waals surface area contributed by atoms with Gasteiger partial charge in [-0.05, 0) is 43.2 Å². The molecule has 1 heterocycles. The molecule has 0 spiro atoms. The average Bonchev–Trinajstić information content (AvgIpc) is 3.03. The molecule has 126 valence electrons. The molecule has 2 amide bonds. The second-order valence-electron chi connectivity index (χ2n) is 5.14. The van der Waals surface area contributed by atoms with E-state index in [2.05, 4.69) is 10.6 Å². The van der Waals surface area contributed by atoms with Gasteiger partial charge in [-0.3, -0.25) is 14.4 Å². The Balaban J connectivity index is 1.72. The number of halogens is 1. The summed E-state index contributed by atoms with van der Waals surface area (Å²) in [5.41, 5.74) is 0.857. The fraction of sp³-hybridized carbons (Fsp3) is 0.235. The molecule has 0 saturated carbocycles. The minimum atomic E-state index is -0.680. The molecule has 0 fully saturated rings. The van der Waals surface area contributed by atoms with Crippen LogP contribution in [0.2, 0.25) is 5.02 Å². The Morgan fingerprint density at radius 2 is 1.67 bits per heavy atom. The fourth-order valence-electron chi connectivity index (χ4n) is 1.95. The molecule has 0 aliphatic rings. The van der Waals surface area contributed by atoms with E-state index in [0.717, 1.165) is 10.4 Å². The molecular weight excluding hydrogens is 348 g/mol. The summed E-state index contributed by atoms with van der Waals surface area (Å²) in [5.74, 6) is -1.33. The third-order valence-electron chi connectivity index (χ3n) is 3.24. The predicted octanol–water partition coefficient (Wildman–Crippen LogP) is 2.58. The zero-order valence-electron chi connectivity index (χ0n) is 13.1. The minimum absolute atomic E-state index is 0.0249. The van der Waals surface area contributed by atoms with E-state index in [0.29, 0.717) is 22.9 Å². The first-order valence-corrected chi connectivity index (χ1v) is 8.55. The summed E-state index contributed by atoms with van der Waals surface area (Å²) in [6.45, 7) is 2.11. The average molecular weight is 365 g/mol. The number of carbonyl (C=O) groups is 3. The van der Waals surface area contributed by atoms with Crippen LogP contribution >= 0.6 is 22.9 Å². The summed E-state index contributed by atoms with van der Waals surface area (Å²) < 4.78 is 0. The molecule has 0 atom stereocenters. The van der Waals surface area contributed by atoms with Crippen LogP contribution < -0.4 is 10.6 Å². The van der Waals surface area contributed by atoms with Gasteiger partial charge in [0.15, 0.2) is 5.78 Å². The highest BCUT2D eigenvalue weighted by Crippen LogP contribution is 2.17. The molecule has 7 heteroatoms. The van der Waals surface area contributed by atoms with Crippen LogP contribution in [0.5, 0.6) is 0 Å². The standard InChI is InChI=1S/C17H17ClN2O3S/c1-11(21)15-7-6-14(24-15)8-9-19-16(22)17(23)20-10-12-2-4-13(18)5-3-12/h2-7H,8-10H2,1H3,(H,19,22)(H,20,23). The van der Waals surface area contributed by atoms with E-state index in [1.54, 1.807) is 30.3 Å². The zero-order valence-corrected chi connectivity index (χ0v) is 14.7. The van der Waals surface area contributed by atoms with Crippen molar-refractivity contribution in [2.45, 2.75) is 19.9 Å². The molecule has 24 heavy (non-hydrogen) atoms. The van der Waals surface area contributed by atoms with Crippen molar-refractivity contribution in [3.05, 3.63) is 56.7 Å². The van der Waals surface area contributed by atoms with E-state index >= 15 is 0 Å². The zero-order chi connectivity index (χ0) is 17.5. The molecule has 5 nitrogen and oxygen atoms in total. The Bertz CT molecular complexity index is 741. The summed E-state index contributed by atoms with van der Waals surface area (Å²) in [6.07, 6.45) is 0.578. The summed E-state index contributed by atoms with van der Waals surface area (Å²) in [6, 6.07) is 10.6. The smallest absolute Gasteiger partial charge is 0.309 e. The topological polar surface area (TPSA) is 75.3 Å². The maximum Gasteiger partial charge on any atom is 0.309 e. The van der Waals surface area contributed by atoms with Crippen molar-refractivity contribution in [2.75, 3.05) is 6.54 Å². The SMILES string of the molecule is CC(=O)c1ccc(CCNC(=O)C(=O)NCc2ccc(Cl)cc2)s1. The van der Waals surface area contributed by atoms with Crippen molar-refractivity contribution in [3.63, 3.8) is 0 Å². The number of Topliss-reactive ketones (excluding diaryl/α,β-unsaturated/α-hetero) is 1. The third-order valence-corrected chi connectivity index (χ3v) is 4.74. The van der Waals surface area contributed by atoms with Crippen LogP contribution in [0.15, 0.2) is 36.4 Å². The normalized spacial score (nSPS) is 10.2. The molecule has 2 aromatic rings. The van der Waals surface area contributed by atoms with Gasteiger partial charge in [0.2, 0.25) is 0 Å². The molecule has 2 N–H and O–H groups in total. The fourth-order valence-corrected chi connectivity index (χ4v) is 2.97. The van der Waals surface area contributed by atoms with Crippen LogP contribution in [-0.4, -0.2) is 24.1 Å². The number of hydrogen-bond acceptors (Lipinski definition) is 4. The van der Waals surface area contributed by atoms with Crippen LogP contribution in [0.1, 0.15) is 27.0 Å². The van der Waals surface area contributed by atoms with Crippen LogP contribution in [0.4, 0.5) is 0 Å². The van der Waals surface area contributed by atoms with Crippen molar-refractivity contribution in [1.29, 1.82) is 0 Å². The van der Waals surface area contributed by atoms with E-state index in [9.17, 15) is 14.4 Å². The molecule has 2 rings (SSSR count). The van der Waals surface area contributed by atoms with E-state index < -0.39 is 11.8 Å². The highest BCUT2D eigenvalue weighted by Gasteiger charge is 2.12. The highest BCUT2D eigenvalue weighted by atomic mass is 35.5. The van der Waals surface area contributed by atoms with Gasteiger partial charge in [0.05, 0.1) is 4.88 Å². The van der Waals surface area contributed by atoms with Crippen LogP contribution in [-0.2, 0) is 22.6 Å². The number of amides is 2. The first-order valence-electron chi connectivity index (χ1n) is 7.36. The van der Waals surface area contributed by atoms with Crippen molar-refractivity contribution >= 4 is 40.5 Å². The number of nitrogens with one attached hydrogen (secondary N) is 2. The lowest BCUT2D eigenvalue weighted by Crippen LogP contribution is -2.40. The Labute approximate surface area is 149 Å². The van der Waals surface area contributed by atoms with Gasteiger partial charge in [-0.1, -0.05) is 23.7 Å². The largest absolute Gasteiger partial charge is 0.347 e. The van der Waals surface area contributed by atoms with Gasteiger partial charge in [0.1, 0.15) is 0 Å². The van der Waals surface area contributed by atoms with Crippen molar-refractivity contribution in [1.82, 2.24) is 10.6 Å². The summed E-state index contributed by atoms with van der Waals surface area (Å²) >= 11 is 7.18. The summed E-state index contributed by atoms with van der Waals surface area (Å²) in [5, 5.41) is 5.73. The van der Waals surface area contributed by atoms with Gasteiger partial charge in [0, 0.05) is 23.0 Å².